The summed E-state index contributed by atoms with van der Waals surface area (Å²) in [5.41, 5.74) is 7.60. The molecule has 0 bridgehead atoms. The first-order chi connectivity index (χ1) is 11.3. The van der Waals surface area contributed by atoms with E-state index in [9.17, 15) is 14.4 Å². The van der Waals surface area contributed by atoms with Gasteiger partial charge in [-0.15, -0.1) is 12.4 Å². The summed E-state index contributed by atoms with van der Waals surface area (Å²) in [4.78, 5) is 35.4. The summed E-state index contributed by atoms with van der Waals surface area (Å²) in [5, 5.41) is 7.93. The van der Waals surface area contributed by atoms with Crippen LogP contribution in [-0.4, -0.2) is 36.9 Å². The molecule has 0 saturated carbocycles. The fourth-order valence-corrected chi connectivity index (χ4v) is 1.99. The fraction of sp³-hybridized carbons (Fsp3) is 0.471. The number of benzene rings is 1. The standard InChI is InChI=1S/C17H26N4O3.ClH/c1-5-19-16(23)12-6-7-13(11(4)8-12)21-14(22)9-20-17(24)15(18)10(2)3;/h6-8,10,15H,5,9,18H2,1-4H3,(H,19,23)(H,20,24)(H,21,22);1H/t15-;/m0./s1. The first-order valence-electron chi connectivity index (χ1n) is 7.98. The quantitative estimate of drug-likeness (QED) is 0.577. The van der Waals surface area contributed by atoms with E-state index >= 15 is 0 Å². The number of amides is 3. The summed E-state index contributed by atoms with van der Waals surface area (Å²) in [5.74, 6) is -0.873. The van der Waals surface area contributed by atoms with E-state index in [-0.39, 0.29) is 42.6 Å². The van der Waals surface area contributed by atoms with Gasteiger partial charge in [0.2, 0.25) is 11.8 Å². The maximum atomic E-state index is 11.9. The molecule has 140 valence electrons. The summed E-state index contributed by atoms with van der Waals surface area (Å²) >= 11 is 0. The predicted molar refractivity (Wildman–Crippen MR) is 101 cm³/mol. The van der Waals surface area contributed by atoms with E-state index in [1.165, 1.54) is 0 Å². The second kappa shape index (κ2) is 10.7. The molecule has 1 atom stereocenters. The highest BCUT2D eigenvalue weighted by atomic mass is 35.5. The molecule has 7 nitrogen and oxygen atoms in total. The Labute approximate surface area is 154 Å². The van der Waals surface area contributed by atoms with Crippen molar-refractivity contribution >= 4 is 35.8 Å². The van der Waals surface area contributed by atoms with Crippen molar-refractivity contribution in [2.24, 2.45) is 11.7 Å². The first-order valence-corrected chi connectivity index (χ1v) is 7.98. The van der Waals surface area contributed by atoms with Crippen molar-refractivity contribution in [3.05, 3.63) is 29.3 Å². The Hall–Kier alpha value is -2.12. The molecular formula is C17H27ClN4O3. The lowest BCUT2D eigenvalue weighted by molar-refractivity contribution is -0.125. The van der Waals surface area contributed by atoms with Crippen LogP contribution >= 0.6 is 12.4 Å². The van der Waals surface area contributed by atoms with E-state index in [0.29, 0.717) is 17.8 Å². The molecule has 0 aromatic heterocycles. The molecule has 25 heavy (non-hydrogen) atoms. The van der Waals surface area contributed by atoms with Crippen LogP contribution in [0.25, 0.3) is 0 Å². The Balaban J connectivity index is 0.00000576. The Kier molecular flexibility index (Phi) is 9.78. The molecule has 0 aliphatic heterocycles. The topological polar surface area (TPSA) is 113 Å². The lowest BCUT2D eigenvalue weighted by atomic mass is 10.1. The molecule has 0 unspecified atom stereocenters. The lowest BCUT2D eigenvalue weighted by Gasteiger charge is -2.15. The van der Waals surface area contributed by atoms with Gasteiger partial charge in [-0.2, -0.15) is 0 Å². The van der Waals surface area contributed by atoms with Crippen molar-refractivity contribution in [3.63, 3.8) is 0 Å². The van der Waals surface area contributed by atoms with Gasteiger partial charge in [-0.3, -0.25) is 14.4 Å². The monoisotopic (exact) mass is 370 g/mol. The predicted octanol–water partition coefficient (Wildman–Crippen LogP) is 1.20. The van der Waals surface area contributed by atoms with E-state index in [4.69, 9.17) is 5.73 Å². The Morgan fingerprint density at radius 1 is 1.16 bits per heavy atom. The number of halogens is 1. The van der Waals surface area contributed by atoms with Crippen molar-refractivity contribution in [1.29, 1.82) is 0 Å². The molecule has 0 fully saturated rings. The van der Waals surface area contributed by atoms with Crippen LogP contribution in [0.3, 0.4) is 0 Å². The third-order valence-corrected chi connectivity index (χ3v) is 3.54. The van der Waals surface area contributed by atoms with E-state index in [1.807, 2.05) is 20.8 Å². The highest BCUT2D eigenvalue weighted by molar-refractivity contribution is 5.98. The van der Waals surface area contributed by atoms with Crippen LogP contribution in [0.2, 0.25) is 0 Å². The zero-order valence-corrected chi connectivity index (χ0v) is 15.8. The number of nitrogens with one attached hydrogen (secondary N) is 3. The van der Waals surface area contributed by atoms with Crippen molar-refractivity contribution in [3.8, 4) is 0 Å². The molecule has 3 amide bonds. The van der Waals surface area contributed by atoms with Gasteiger partial charge in [-0.05, 0) is 43.5 Å². The SMILES string of the molecule is CCNC(=O)c1ccc(NC(=O)CNC(=O)[C@@H](N)C(C)C)c(C)c1.Cl. The maximum Gasteiger partial charge on any atom is 0.251 e. The summed E-state index contributed by atoms with van der Waals surface area (Å²) in [6, 6.07) is 4.37. The highest BCUT2D eigenvalue weighted by Crippen LogP contribution is 2.16. The van der Waals surface area contributed by atoms with Gasteiger partial charge in [0.15, 0.2) is 0 Å². The largest absolute Gasteiger partial charge is 0.352 e. The number of aryl methyl sites for hydroxylation is 1. The highest BCUT2D eigenvalue weighted by Gasteiger charge is 2.17. The van der Waals surface area contributed by atoms with E-state index in [2.05, 4.69) is 16.0 Å². The zero-order chi connectivity index (χ0) is 18.3. The fourth-order valence-electron chi connectivity index (χ4n) is 1.99. The van der Waals surface area contributed by atoms with Crippen molar-refractivity contribution < 1.29 is 14.4 Å². The van der Waals surface area contributed by atoms with Gasteiger partial charge in [-0.25, -0.2) is 0 Å². The Morgan fingerprint density at radius 2 is 1.80 bits per heavy atom. The average molecular weight is 371 g/mol. The number of carbonyl (C=O) groups is 3. The van der Waals surface area contributed by atoms with Crippen LogP contribution in [0.5, 0.6) is 0 Å². The van der Waals surface area contributed by atoms with Crippen LogP contribution in [0.1, 0.15) is 36.7 Å². The molecule has 1 aromatic carbocycles. The molecule has 0 saturated heterocycles. The molecule has 1 rings (SSSR count). The number of anilines is 1. The third-order valence-electron chi connectivity index (χ3n) is 3.54. The van der Waals surface area contributed by atoms with Gasteiger partial charge >= 0.3 is 0 Å². The molecule has 0 spiro atoms. The average Bonchev–Trinajstić information content (AvgIpc) is 2.53. The first kappa shape index (κ1) is 22.9. The Morgan fingerprint density at radius 3 is 2.32 bits per heavy atom. The molecule has 0 aliphatic rings. The second-order valence-electron chi connectivity index (χ2n) is 5.92. The lowest BCUT2D eigenvalue weighted by Crippen LogP contribution is -2.46. The Bertz CT molecular complexity index is 620. The second-order valence-corrected chi connectivity index (χ2v) is 5.92. The number of carbonyl (C=O) groups excluding carboxylic acids is 3. The van der Waals surface area contributed by atoms with Crippen LogP contribution in [-0.2, 0) is 9.59 Å². The van der Waals surface area contributed by atoms with Crippen molar-refractivity contribution in [1.82, 2.24) is 10.6 Å². The van der Waals surface area contributed by atoms with Gasteiger partial charge < -0.3 is 21.7 Å². The smallest absolute Gasteiger partial charge is 0.251 e. The molecule has 8 heteroatoms. The normalized spacial score (nSPS) is 11.3. The minimum atomic E-state index is -0.643. The van der Waals surface area contributed by atoms with Crippen LogP contribution in [0.15, 0.2) is 18.2 Å². The van der Waals surface area contributed by atoms with Gasteiger partial charge in [-0.1, -0.05) is 13.8 Å². The van der Waals surface area contributed by atoms with Gasteiger partial charge in [0.1, 0.15) is 0 Å². The number of rotatable bonds is 7. The van der Waals surface area contributed by atoms with Gasteiger partial charge in [0.25, 0.3) is 5.91 Å². The summed E-state index contributed by atoms with van der Waals surface area (Å²) in [6.07, 6.45) is 0. The van der Waals surface area contributed by atoms with Crippen LogP contribution < -0.4 is 21.7 Å². The molecular weight excluding hydrogens is 344 g/mol. The van der Waals surface area contributed by atoms with E-state index < -0.39 is 6.04 Å². The van der Waals surface area contributed by atoms with Crippen molar-refractivity contribution in [2.45, 2.75) is 33.7 Å². The number of hydrogen-bond donors (Lipinski definition) is 4. The molecule has 0 heterocycles. The molecule has 0 aliphatic carbocycles. The summed E-state index contributed by atoms with van der Waals surface area (Å²) < 4.78 is 0. The summed E-state index contributed by atoms with van der Waals surface area (Å²) in [6.45, 7) is 7.71. The maximum absolute atomic E-state index is 11.9. The minimum absolute atomic E-state index is 0. The van der Waals surface area contributed by atoms with E-state index in [1.54, 1.807) is 25.1 Å². The molecule has 1 aromatic rings. The minimum Gasteiger partial charge on any atom is -0.352 e. The van der Waals surface area contributed by atoms with E-state index in [0.717, 1.165) is 5.56 Å². The van der Waals surface area contributed by atoms with Gasteiger partial charge in [0.05, 0.1) is 12.6 Å². The number of hydrogen-bond acceptors (Lipinski definition) is 4. The number of nitrogens with two attached hydrogens (primary N) is 1. The van der Waals surface area contributed by atoms with Gasteiger partial charge in [0, 0.05) is 17.8 Å². The van der Waals surface area contributed by atoms with Crippen LogP contribution in [0, 0.1) is 12.8 Å². The van der Waals surface area contributed by atoms with Crippen molar-refractivity contribution in [2.75, 3.05) is 18.4 Å². The zero-order valence-electron chi connectivity index (χ0n) is 15.0. The summed E-state index contributed by atoms with van der Waals surface area (Å²) in [7, 11) is 0. The van der Waals surface area contributed by atoms with Crippen LogP contribution in [0.4, 0.5) is 5.69 Å². The molecule has 5 N–H and O–H groups in total. The molecule has 0 radical (unpaired) electrons. The third kappa shape index (κ3) is 7.11.